The Labute approximate surface area is 132 Å². The molecule has 2 aromatic rings. The second-order valence-electron chi connectivity index (χ2n) is 4.64. The summed E-state index contributed by atoms with van der Waals surface area (Å²) in [6.07, 6.45) is 0. The summed E-state index contributed by atoms with van der Waals surface area (Å²) in [6.45, 7) is -0.404. The maximum absolute atomic E-state index is 13.5. The molecule has 2 rings (SSSR count). The van der Waals surface area contributed by atoms with E-state index in [0.29, 0.717) is 0 Å². The van der Waals surface area contributed by atoms with Crippen molar-refractivity contribution in [3.05, 3.63) is 65.7 Å². The van der Waals surface area contributed by atoms with Crippen LogP contribution < -0.4 is 10.0 Å². The molecule has 0 saturated heterocycles. The fraction of sp³-hybridized carbons (Fsp3) is 0.133. The topological polar surface area (TPSA) is 75.3 Å². The van der Waals surface area contributed by atoms with Crippen LogP contribution in [0, 0.1) is 11.6 Å². The van der Waals surface area contributed by atoms with Crippen LogP contribution in [0.3, 0.4) is 0 Å². The molecule has 0 fully saturated rings. The zero-order chi connectivity index (χ0) is 16.9. The molecule has 122 valence electrons. The van der Waals surface area contributed by atoms with Crippen molar-refractivity contribution in [3.63, 3.8) is 0 Å². The van der Waals surface area contributed by atoms with Crippen LogP contribution in [0.4, 0.5) is 8.78 Å². The molecule has 1 amide bonds. The molecule has 5 nitrogen and oxygen atoms in total. The number of amides is 1. The molecule has 2 N–H and O–H groups in total. The van der Waals surface area contributed by atoms with Gasteiger partial charge < -0.3 is 5.32 Å². The minimum Gasteiger partial charge on any atom is -0.351 e. The standard InChI is InChI=1S/C15H14F2N2O3S/c16-12-7-4-8-13(17)15(12)23(21,22)19-10-14(20)18-9-11-5-2-1-3-6-11/h1-8,19H,9-10H2,(H,18,20). The highest BCUT2D eigenvalue weighted by Crippen LogP contribution is 2.17. The second-order valence-corrected chi connectivity index (χ2v) is 6.34. The van der Waals surface area contributed by atoms with E-state index >= 15 is 0 Å². The van der Waals surface area contributed by atoms with E-state index in [1.165, 1.54) is 0 Å². The highest BCUT2D eigenvalue weighted by atomic mass is 32.2. The number of hydrogen-bond acceptors (Lipinski definition) is 3. The average Bonchev–Trinajstić information content (AvgIpc) is 2.51. The summed E-state index contributed by atoms with van der Waals surface area (Å²) in [4.78, 5) is 10.5. The molecule has 0 aliphatic rings. The molecule has 0 aliphatic heterocycles. The van der Waals surface area contributed by atoms with Crippen molar-refractivity contribution in [1.29, 1.82) is 0 Å². The van der Waals surface area contributed by atoms with Crippen LogP contribution in [0.25, 0.3) is 0 Å². The van der Waals surface area contributed by atoms with Crippen LogP contribution in [0.1, 0.15) is 5.56 Å². The van der Waals surface area contributed by atoms with Gasteiger partial charge in [0.2, 0.25) is 15.9 Å². The van der Waals surface area contributed by atoms with Gasteiger partial charge in [-0.3, -0.25) is 4.79 Å². The molecule has 0 bridgehead atoms. The molecule has 0 radical (unpaired) electrons. The van der Waals surface area contributed by atoms with Gasteiger partial charge in [0, 0.05) is 6.54 Å². The Morgan fingerprint density at radius 1 is 0.957 bits per heavy atom. The Kier molecular flexibility index (Phi) is 5.41. The minimum atomic E-state index is -4.46. The van der Waals surface area contributed by atoms with Crippen LogP contribution in [0.2, 0.25) is 0 Å². The van der Waals surface area contributed by atoms with Crippen molar-refractivity contribution < 1.29 is 22.0 Å². The number of benzene rings is 2. The first-order valence-electron chi connectivity index (χ1n) is 6.64. The van der Waals surface area contributed by atoms with E-state index in [9.17, 15) is 22.0 Å². The summed E-state index contributed by atoms with van der Waals surface area (Å²) in [6, 6.07) is 11.7. The number of hydrogen-bond donors (Lipinski definition) is 2. The lowest BCUT2D eigenvalue weighted by atomic mass is 10.2. The Morgan fingerprint density at radius 3 is 2.17 bits per heavy atom. The van der Waals surface area contributed by atoms with Gasteiger partial charge >= 0.3 is 0 Å². The first-order valence-corrected chi connectivity index (χ1v) is 8.13. The van der Waals surface area contributed by atoms with Crippen molar-refractivity contribution in [2.45, 2.75) is 11.4 Å². The Hall–Kier alpha value is -2.32. The van der Waals surface area contributed by atoms with Crippen LogP contribution >= 0.6 is 0 Å². The first-order chi connectivity index (χ1) is 10.9. The molecule has 0 aliphatic carbocycles. The average molecular weight is 340 g/mol. The van der Waals surface area contributed by atoms with E-state index in [1.807, 2.05) is 10.8 Å². The van der Waals surface area contributed by atoms with Gasteiger partial charge in [-0.2, -0.15) is 0 Å². The summed E-state index contributed by atoms with van der Waals surface area (Å²) < 4.78 is 52.6. The summed E-state index contributed by atoms with van der Waals surface area (Å²) in [5.74, 6) is -3.06. The van der Waals surface area contributed by atoms with Gasteiger partial charge in [-0.15, -0.1) is 0 Å². The molecule has 23 heavy (non-hydrogen) atoms. The van der Waals surface area contributed by atoms with Crippen molar-refractivity contribution in [2.24, 2.45) is 0 Å². The van der Waals surface area contributed by atoms with Gasteiger partial charge in [-0.1, -0.05) is 36.4 Å². The quantitative estimate of drug-likeness (QED) is 0.838. The lowest BCUT2D eigenvalue weighted by molar-refractivity contribution is -0.120. The van der Waals surface area contributed by atoms with Crippen molar-refractivity contribution in [1.82, 2.24) is 10.0 Å². The highest BCUT2D eigenvalue weighted by Gasteiger charge is 2.24. The van der Waals surface area contributed by atoms with E-state index in [4.69, 9.17) is 0 Å². The Morgan fingerprint density at radius 2 is 1.57 bits per heavy atom. The van der Waals surface area contributed by atoms with Crippen LogP contribution in [0.15, 0.2) is 53.4 Å². The van der Waals surface area contributed by atoms with Crippen molar-refractivity contribution in [2.75, 3.05) is 6.54 Å². The lowest BCUT2D eigenvalue weighted by Crippen LogP contribution is -2.37. The monoisotopic (exact) mass is 340 g/mol. The summed E-state index contributed by atoms with van der Waals surface area (Å²) >= 11 is 0. The third kappa shape index (κ3) is 4.57. The molecule has 0 atom stereocenters. The summed E-state index contributed by atoms with van der Waals surface area (Å²) in [5, 5.41) is 2.50. The van der Waals surface area contributed by atoms with Gasteiger partial charge in [0.05, 0.1) is 6.54 Å². The van der Waals surface area contributed by atoms with Crippen LogP contribution in [-0.2, 0) is 21.4 Å². The zero-order valence-corrected chi connectivity index (χ0v) is 12.7. The van der Waals surface area contributed by atoms with Crippen molar-refractivity contribution in [3.8, 4) is 0 Å². The molecular formula is C15H14F2N2O3S. The molecule has 0 heterocycles. The molecule has 0 spiro atoms. The van der Waals surface area contributed by atoms with E-state index < -0.39 is 39.0 Å². The van der Waals surface area contributed by atoms with E-state index in [0.717, 1.165) is 23.8 Å². The highest BCUT2D eigenvalue weighted by molar-refractivity contribution is 7.89. The SMILES string of the molecule is O=C(CNS(=O)(=O)c1c(F)cccc1F)NCc1ccccc1. The second kappa shape index (κ2) is 7.30. The summed E-state index contributed by atoms with van der Waals surface area (Å²) in [7, 11) is -4.46. The molecular weight excluding hydrogens is 326 g/mol. The largest absolute Gasteiger partial charge is 0.351 e. The molecule has 0 aromatic heterocycles. The Bertz CT molecular complexity index is 775. The molecule has 0 saturated carbocycles. The zero-order valence-electron chi connectivity index (χ0n) is 11.9. The molecule has 2 aromatic carbocycles. The van der Waals surface area contributed by atoms with Gasteiger partial charge in [-0.25, -0.2) is 21.9 Å². The molecule has 8 heteroatoms. The normalized spacial score (nSPS) is 11.2. The maximum Gasteiger partial charge on any atom is 0.246 e. The van der Waals surface area contributed by atoms with Gasteiger partial charge in [0.1, 0.15) is 11.6 Å². The smallest absolute Gasteiger partial charge is 0.246 e. The predicted octanol–water partition coefficient (Wildman–Crippen LogP) is 1.56. The number of nitrogens with one attached hydrogen (secondary N) is 2. The van der Waals surface area contributed by atoms with Gasteiger partial charge in [0.25, 0.3) is 0 Å². The number of halogens is 2. The third-order valence-electron chi connectivity index (χ3n) is 2.94. The van der Waals surface area contributed by atoms with E-state index in [1.54, 1.807) is 24.3 Å². The van der Waals surface area contributed by atoms with Gasteiger partial charge in [0.15, 0.2) is 4.90 Å². The van der Waals surface area contributed by atoms with Crippen molar-refractivity contribution >= 4 is 15.9 Å². The van der Waals surface area contributed by atoms with Crippen LogP contribution in [0.5, 0.6) is 0 Å². The molecule has 0 unspecified atom stereocenters. The van der Waals surface area contributed by atoms with Gasteiger partial charge in [-0.05, 0) is 17.7 Å². The van der Waals surface area contributed by atoms with Crippen LogP contribution in [-0.4, -0.2) is 20.9 Å². The number of carbonyl (C=O) groups excluding carboxylic acids is 1. The number of sulfonamides is 1. The number of rotatable bonds is 6. The Balaban J connectivity index is 1.95. The third-order valence-corrected chi connectivity index (χ3v) is 4.39. The predicted molar refractivity (Wildman–Crippen MR) is 79.8 cm³/mol. The van der Waals surface area contributed by atoms with E-state index in [-0.39, 0.29) is 6.54 Å². The lowest BCUT2D eigenvalue weighted by Gasteiger charge is -2.09. The minimum absolute atomic E-state index is 0.218. The van der Waals surface area contributed by atoms with E-state index in [2.05, 4.69) is 5.32 Å². The first kappa shape index (κ1) is 17.0. The maximum atomic E-state index is 13.5. The summed E-state index contributed by atoms with van der Waals surface area (Å²) in [5.41, 5.74) is 0.837. The number of carbonyl (C=O) groups is 1. The fourth-order valence-corrected chi connectivity index (χ4v) is 2.95. The fourth-order valence-electron chi connectivity index (χ4n) is 1.83.